The molecule has 0 atom stereocenters. The zero-order chi connectivity index (χ0) is 50.4. The fraction of sp³-hybridized carbons (Fsp3) is 0. The zero-order valence-corrected chi connectivity index (χ0v) is 41.8. The predicted octanol–water partition coefficient (Wildman–Crippen LogP) is 21.0. The summed E-state index contributed by atoms with van der Waals surface area (Å²) in [6, 6.07) is 102. The van der Waals surface area contributed by atoms with E-state index in [-0.39, 0.29) is 0 Å². The van der Waals surface area contributed by atoms with E-state index in [1.165, 1.54) is 86.9 Å². The Hall–Kier alpha value is -10.0. The van der Waals surface area contributed by atoms with Gasteiger partial charge in [0.1, 0.15) is 0 Å². The van der Waals surface area contributed by atoms with Crippen molar-refractivity contribution in [2.75, 3.05) is 9.80 Å². The number of rotatable bonds is 11. The molecule has 0 saturated carbocycles. The van der Waals surface area contributed by atoms with Crippen LogP contribution in [0.15, 0.2) is 279 Å². The summed E-state index contributed by atoms with van der Waals surface area (Å²) in [5.74, 6) is 0. The second-order valence-electron chi connectivity index (χ2n) is 19.7. The molecule has 2 nitrogen and oxygen atoms in total. The van der Waals surface area contributed by atoms with Crippen LogP contribution in [0.2, 0.25) is 0 Å². The molecule has 0 heterocycles. The molecule has 0 bridgehead atoms. The average Bonchev–Trinajstić information content (AvgIpc) is 3.50. The van der Waals surface area contributed by atoms with Gasteiger partial charge in [-0.1, -0.05) is 218 Å². The van der Waals surface area contributed by atoms with Crippen LogP contribution in [-0.4, -0.2) is 0 Å². The van der Waals surface area contributed by atoms with Gasteiger partial charge in [-0.3, -0.25) is 0 Å². The molecule has 0 amide bonds. The molecule has 0 unspecified atom stereocenters. The van der Waals surface area contributed by atoms with Crippen molar-refractivity contribution in [3.63, 3.8) is 0 Å². The Morgan fingerprint density at radius 1 is 0.224 bits per heavy atom. The summed E-state index contributed by atoms with van der Waals surface area (Å²) in [5, 5.41) is 14.7. The minimum Gasteiger partial charge on any atom is -0.310 e. The summed E-state index contributed by atoms with van der Waals surface area (Å²) in [4.78, 5) is 4.83. The summed E-state index contributed by atoms with van der Waals surface area (Å²) < 4.78 is 0. The molecule has 0 spiro atoms. The van der Waals surface area contributed by atoms with Gasteiger partial charge in [0.2, 0.25) is 0 Å². The number of anilines is 6. The summed E-state index contributed by atoms with van der Waals surface area (Å²) in [6.07, 6.45) is 8.72. The van der Waals surface area contributed by atoms with Gasteiger partial charge in [0.05, 0.1) is 5.69 Å². The van der Waals surface area contributed by atoms with E-state index in [1.807, 2.05) is 0 Å². The van der Waals surface area contributed by atoms with Crippen molar-refractivity contribution in [1.29, 1.82) is 0 Å². The van der Waals surface area contributed by atoms with Gasteiger partial charge in [0, 0.05) is 39.2 Å². The topological polar surface area (TPSA) is 6.48 Å². The third kappa shape index (κ3) is 8.19. The van der Waals surface area contributed by atoms with Crippen molar-refractivity contribution in [2.45, 2.75) is 0 Å². The van der Waals surface area contributed by atoms with E-state index in [4.69, 9.17) is 0 Å². The van der Waals surface area contributed by atoms with E-state index in [1.54, 1.807) is 0 Å². The van der Waals surface area contributed by atoms with Gasteiger partial charge in [0.25, 0.3) is 0 Å². The van der Waals surface area contributed by atoms with Gasteiger partial charge in [-0.15, -0.1) is 0 Å². The fourth-order valence-electron chi connectivity index (χ4n) is 11.5. The number of para-hydroxylation sites is 2. The molecule has 0 aromatic heterocycles. The van der Waals surface area contributed by atoms with Crippen molar-refractivity contribution in [3.05, 3.63) is 301 Å². The van der Waals surface area contributed by atoms with Gasteiger partial charge in [-0.05, 0) is 172 Å². The maximum atomic E-state index is 2.46. The minimum absolute atomic E-state index is 1.10. The predicted molar refractivity (Wildman–Crippen MR) is 328 cm³/mol. The molecular formula is C74H50N2. The Balaban J connectivity index is 0.915. The molecule has 14 aromatic carbocycles. The first-order valence-corrected chi connectivity index (χ1v) is 26.1. The lowest BCUT2D eigenvalue weighted by molar-refractivity contribution is 1.29. The monoisotopic (exact) mass is 966 g/mol. The average molecular weight is 967 g/mol. The molecule has 0 aliphatic rings. The largest absolute Gasteiger partial charge is 0.310 e. The number of fused-ring (bicyclic) bond motifs is 3. The Morgan fingerprint density at radius 2 is 0.592 bits per heavy atom. The van der Waals surface area contributed by atoms with Gasteiger partial charge in [-0.2, -0.15) is 0 Å². The quantitative estimate of drug-likeness (QED) is 0.0724. The van der Waals surface area contributed by atoms with Crippen LogP contribution < -0.4 is 9.80 Å². The Bertz CT molecular complexity index is 4400. The molecular weight excluding hydrogens is 917 g/mol. The van der Waals surface area contributed by atoms with Crippen LogP contribution in [-0.2, 0) is 0 Å². The van der Waals surface area contributed by atoms with E-state index >= 15 is 0 Å². The zero-order valence-electron chi connectivity index (χ0n) is 41.8. The molecule has 14 aromatic rings. The highest BCUT2D eigenvalue weighted by molar-refractivity contribution is 6.28. The summed E-state index contributed by atoms with van der Waals surface area (Å²) in [7, 11) is 0. The van der Waals surface area contributed by atoms with Crippen LogP contribution in [0, 0.1) is 0 Å². The molecule has 356 valence electrons. The highest BCUT2D eigenvalue weighted by Crippen LogP contribution is 2.50. The first kappa shape index (κ1) is 44.7. The van der Waals surface area contributed by atoms with E-state index < -0.39 is 0 Å². The maximum Gasteiger partial charge on any atom is 0.0619 e. The maximum absolute atomic E-state index is 2.46. The third-order valence-electron chi connectivity index (χ3n) is 15.0. The van der Waals surface area contributed by atoms with Crippen molar-refractivity contribution in [1.82, 2.24) is 0 Å². The van der Waals surface area contributed by atoms with Gasteiger partial charge >= 0.3 is 0 Å². The molecule has 0 aliphatic carbocycles. The van der Waals surface area contributed by atoms with Crippen LogP contribution in [0.4, 0.5) is 34.1 Å². The summed E-state index contributed by atoms with van der Waals surface area (Å²) in [5.41, 5.74) is 13.8. The van der Waals surface area contributed by atoms with Crippen molar-refractivity contribution in [3.8, 4) is 11.1 Å². The van der Waals surface area contributed by atoms with Crippen molar-refractivity contribution >= 4 is 123 Å². The van der Waals surface area contributed by atoms with Crippen LogP contribution in [0.3, 0.4) is 0 Å². The lowest BCUT2D eigenvalue weighted by Gasteiger charge is -2.30. The molecule has 14 rings (SSSR count). The Labute approximate surface area is 443 Å². The standard InChI is InChI=1S/C74H50N2/c1-5-17-51(18-6-1)29-31-53-33-41-64(42-34-53)75(62-23-9-3-10-24-62)66-47-59-39-37-57-45-61(46-58-38-40-60(48-66)72(59)71(57)58)73-67-27-15-16-28-68(67)74(70-50-56-22-14-13-21-55(56)49-69(70)73)76(63-25-11-4-12-26-63)65-43-35-54(36-44-65)32-30-52-19-7-2-8-20-52/h1-50H. The highest BCUT2D eigenvalue weighted by atomic mass is 15.1. The number of hydrogen-bond acceptors (Lipinski definition) is 2. The van der Waals surface area contributed by atoms with Gasteiger partial charge in [-0.25, -0.2) is 0 Å². The smallest absolute Gasteiger partial charge is 0.0619 e. The molecule has 76 heavy (non-hydrogen) atoms. The molecule has 0 aliphatic heterocycles. The van der Waals surface area contributed by atoms with Crippen LogP contribution in [0.25, 0.3) is 100 Å². The van der Waals surface area contributed by atoms with Crippen molar-refractivity contribution < 1.29 is 0 Å². The van der Waals surface area contributed by atoms with Crippen LogP contribution in [0.5, 0.6) is 0 Å². The Kier molecular flexibility index (Phi) is 11.2. The fourth-order valence-corrected chi connectivity index (χ4v) is 11.5. The van der Waals surface area contributed by atoms with Gasteiger partial charge in [0.15, 0.2) is 0 Å². The second kappa shape index (κ2) is 19.1. The number of nitrogens with zero attached hydrogens (tertiary/aromatic N) is 2. The molecule has 0 saturated heterocycles. The summed E-state index contributed by atoms with van der Waals surface area (Å²) in [6.45, 7) is 0. The number of hydrogen-bond donors (Lipinski definition) is 0. The Morgan fingerprint density at radius 3 is 1.09 bits per heavy atom. The van der Waals surface area contributed by atoms with Crippen molar-refractivity contribution in [2.24, 2.45) is 0 Å². The van der Waals surface area contributed by atoms with E-state index in [9.17, 15) is 0 Å². The molecule has 0 fully saturated rings. The lowest BCUT2D eigenvalue weighted by atomic mass is 9.86. The number of benzene rings is 14. The normalized spacial score (nSPS) is 11.8. The summed E-state index contributed by atoms with van der Waals surface area (Å²) >= 11 is 0. The molecule has 0 N–H and O–H groups in total. The van der Waals surface area contributed by atoms with E-state index in [2.05, 4.69) is 313 Å². The molecule has 2 heteroatoms. The first-order valence-electron chi connectivity index (χ1n) is 26.1. The van der Waals surface area contributed by atoms with E-state index in [0.717, 1.165) is 45.3 Å². The SMILES string of the molecule is C(=Cc1ccc(N(c2ccccc2)c2cc3ccc4cc(-c5c6ccccc6c(N(c6ccccc6)c6ccc(C=Cc7ccccc7)cc6)c6cc7ccccc7cc56)cc5ccc(c2)c3c45)cc1)c1ccccc1. The highest BCUT2D eigenvalue weighted by Gasteiger charge is 2.24. The lowest BCUT2D eigenvalue weighted by Crippen LogP contribution is -2.11. The second-order valence-corrected chi connectivity index (χ2v) is 19.7. The van der Waals surface area contributed by atoms with Crippen LogP contribution in [0.1, 0.15) is 22.3 Å². The minimum atomic E-state index is 1.10. The third-order valence-corrected chi connectivity index (χ3v) is 15.0. The first-order chi connectivity index (χ1) is 37.7. The van der Waals surface area contributed by atoms with E-state index in [0.29, 0.717) is 0 Å². The van der Waals surface area contributed by atoms with Gasteiger partial charge < -0.3 is 9.80 Å². The molecule has 0 radical (unpaired) electrons. The van der Waals surface area contributed by atoms with Crippen LogP contribution >= 0.6 is 0 Å².